The number of benzene rings is 2. The molecule has 0 aliphatic rings. The zero-order valence-corrected chi connectivity index (χ0v) is 12.5. The van der Waals surface area contributed by atoms with Crippen molar-refractivity contribution in [2.75, 3.05) is 11.1 Å². The van der Waals surface area contributed by atoms with Gasteiger partial charge in [-0.05, 0) is 42.8 Å². The van der Waals surface area contributed by atoms with Gasteiger partial charge in [0, 0.05) is 26.4 Å². The first kappa shape index (κ1) is 13.9. The van der Waals surface area contributed by atoms with E-state index >= 15 is 0 Å². The third-order valence-electron chi connectivity index (χ3n) is 2.70. The Bertz CT molecular complexity index is 623. The van der Waals surface area contributed by atoms with Gasteiger partial charge in [-0.15, -0.1) is 0 Å². The molecule has 0 saturated carbocycles. The van der Waals surface area contributed by atoms with Crippen molar-refractivity contribution in [2.24, 2.45) is 0 Å². The minimum Gasteiger partial charge on any atom is -0.399 e. The third-order valence-corrected chi connectivity index (χ3v) is 3.57. The van der Waals surface area contributed by atoms with E-state index in [-0.39, 0.29) is 5.91 Å². The highest BCUT2D eigenvalue weighted by Gasteiger charge is 2.10. The molecule has 3 N–H and O–H groups in total. The van der Waals surface area contributed by atoms with Crippen LogP contribution in [-0.4, -0.2) is 5.91 Å². The van der Waals surface area contributed by atoms with Crippen molar-refractivity contribution in [3.05, 3.63) is 57.0 Å². The fourth-order valence-corrected chi connectivity index (χ4v) is 2.37. The van der Waals surface area contributed by atoms with E-state index in [1.54, 1.807) is 36.4 Å². The molecule has 0 saturated heterocycles. The first-order chi connectivity index (χ1) is 8.97. The number of anilines is 2. The monoisotopic (exact) mass is 338 g/mol. The summed E-state index contributed by atoms with van der Waals surface area (Å²) in [6, 6.07) is 10.5. The summed E-state index contributed by atoms with van der Waals surface area (Å²) in [5.41, 5.74) is 8.26. The van der Waals surface area contributed by atoms with Gasteiger partial charge in [-0.2, -0.15) is 0 Å². The van der Waals surface area contributed by atoms with Gasteiger partial charge >= 0.3 is 0 Å². The van der Waals surface area contributed by atoms with Crippen LogP contribution in [0.5, 0.6) is 0 Å². The molecule has 0 spiro atoms. The normalized spacial score (nSPS) is 10.3. The molecule has 0 bridgehead atoms. The van der Waals surface area contributed by atoms with Crippen LogP contribution in [0.1, 0.15) is 15.9 Å². The number of carbonyl (C=O) groups excluding carboxylic acids is 1. The van der Waals surface area contributed by atoms with Crippen molar-refractivity contribution in [2.45, 2.75) is 6.92 Å². The van der Waals surface area contributed by atoms with Gasteiger partial charge in [0.15, 0.2) is 0 Å². The Labute approximate surface area is 124 Å². The lowest BCUT2D eigenvalue weighted by Gasteiger charge is -2.10. The van der Waals surface area contributed by atoms with Crippen LogP contribution in [-0.2, 0) is 0 Å². The van der Waals surface area contributed by atoms with Crippen LogP contribution in [0, 0.1) is 6.92 Å². The van der Waals surface area contributed by atoms with Crippen LogP contribution in [0.25, 0.3) is 0 Å². The van der Waals surface area contributed by atoms with Crippen LogP contribution in [0.2, 0.25) is 5.02 Å². The van der Waals surface area contributed by atoms with Crippen LogP contribution in [0.3, 0.4) is 0 Å². The van der Waals surface area contributed by atoms with E-state index < -0.39 is 0 Å². The van der Waals surface area contributed by atoms with E-state index in [2.05, 4.69) is 21.2 Å². The highest BCUT2D eigenvalue weighted by molar-refractivity contribution is 9.10. The quantitative estimate of drug-likeness (QED) is 0.804. The molecule has 19 heavy (non-hydrogen) atoms. The minimum absolute atomic E-state index is 0.224. The number of amides is 1. The summed E-state index contributed by atoms with van der Waals surface area (Å²) in [6.07, 6.45) is 0. The summed E-state index contributed by atoms with van der Waals surface area (Å²) >= 11 is 9.33. The molecular formula is C14H12BrClN2O. The molecule has 3 nitrogen and oxygen atoms in total. The third kappa shape index (κ3) is 3.28. The fourth-order valence-electron chi connectivity index (χ4n) is 1.68. The second-order valence-electron chi connectivity index (χ2n) is 4.14. The Morgan fingerprint density at radius 3 is 2.74 bits per heavy atom. The van der Waals surface area contributed by atoms with Gasteiger partial charge in [0.25, 0.3) is 5.91 Å². The summed E-state index contributed by atoms with van der Waals surface area (Å²) in [4.78, 5) is 12.2. The zero-order chi connectivity index (χ0) is 14.0. The fraction of sp³-hybridized carbons (Fsp3) is 0.0714. The highest BCUT2D eigenvalue weighted by atomic mass is 79.9. The average molecular weight is 340 g/mol. The SMILES string of the molecule is Cc1c(Cl)cccc1NC(=O)c1cc(N)cc(Br)c1. The van der Waals surface area contributed by atoms with Gasteiger partial charge in [-0.1, -0.05) is 33.6 Å². The molecule has 2 aromatic rings. The number of rotatable bonds is 2. The lowest BCUT2D eigenvalue weighted by molar-refractivity contribution is 0.102. The standard InChI is InChI=1S/C14H12BrClN2O/c1-8-12(16)3-2-4-13(8)18-14(19)9-5-10(15)7-11(17)6-9/h2-7H,17H2,1H3,(H,18,19). The number of nitrogen functional groups attached to an aromatic ring is 1. The second kappa shape index (κ2) is 5.63. The second-order valence-corrected chi connectivity index (χ2v) is 5.46. The van der Waals surface area contributed by atoms with E-state index in [0.717, 1.165) is 10.0 Å². The Morgan fingerprint density at radius 2 is 2.05 bits per heavy atom. The van der Waals surface area contributed by atoms with Crippen molar-refractivity contribution in [1.82, 2.24) is 0 Å². The Balaban J connectivity index is 2.28. The molecule has 0 heterocycles. The van der Waals surface area contributed by atoms with Gasteiger partial charge in [0.2, 0.25) is 0 Å². The summed E-state index contributed by atoms with van der Waals surface area (Å²) in [5, 5.41) is 3.44. The number of hydrogen-bond acceptors (Lipinski definition) is 2. The Hall–Kier alpha value is -1.52. The van der Waals surface area contributed by atoms with Crippen molar-refractivity contribution in [3.8, 4) is 0 Å². The maximum absolute atomic E-state index is 12.2. The van der Waals surface area contributed by atoms with Gasteiger partial charge < -0.3 is 11.1 Å². The van der Waals surface area contributed by atoms with E-state index in [1.807, 2.05) is 6.92 Å². The molecule has 1 amide bonds. The van der Waals surface area contributed by atoms with E-state index in [0.29, 0.717) is 22.0 Å². The summed E-state index contributed by atoms with van der Waals surface area (Å²) in [6.45, 7) is 1.85. The van der Waals surface area contributed by atoms with E-state index in [4.69, 9.17) is 17.3 Å². The predicted molar refractivity (Wildman–Crippen MR) is 82.7 cm³/mol. The van der Waals surface area contributed by atoms with Crippen molar-refractivity contribution >= 4 is 44.8 Å². The van der Waals surface area contributed by atoms with Gasteiger partial charge in [0.1, 0.15) is 0 Å². The molecule has 2 aromatic carbocycles. The zero-order valence-electron chi connectivity index (χ0n) is 10.2. The number of carbonyl (C=O) groups is 1. The molecule has 0 radical (unpaired) electrons. The summed E-state index contributed by atoms with van der Waals surface area (Å²) in [7, 11) is 0. The molecule has 5 heteroatoms. The molecule has 0 atom stereocenters. The molecule has 0 fully saturated rings. The molecule has 0 aliphatic heterocycles. The molecule has 0 aromatic heterocycles. The van der Waals surface area contributed by atoms with Gasteiger partial charge in [0.05, 0.1) is 0 Å². The summed E-state index contributed by atoms with van der Waals surface area (Å²) in [5.74, 6) is -0.224. The number of halogens is 2. The van der Waals surface area contributed by atoms with E-state index in [9.17, 15) is 4.79 Å². The maximum Gasteiger partial charge on any atom is 0.255 e. The van der Waals surface area contributed by atoms with Crippen LogP contribution in [0.4, 0.5) is 11.4 Å². The van der Waals surface area contributed by atoms with Crippen molar-refractivity contribution in [1.29, 1.82) is 0 Å². The smallest absolute Gasteiger partial charge is 0.255 e. The lowest BCUT2D eigenvalue weighted by Crippen LogP contribution is -2.13. The van der Waals surface area contributed by atoms with Crippen molar-refractivity contribution in [3.63, 3.8) is 0 Å². The average Bonchev–Trinajstić information content (AvgIpc) is 2.33. The summed E-state index contributed by atoms with van der Waals surface area (Å²) < 4.78 is 0.764. The van der Waals surface area contributed by atoms with Crippen LogP contribution in [0.15, 0.2) is 40.9 Å². The number of nitrogens with two attached hydrogens (primary N) is 1. The molecule has 2 rings (SSSR count). The lowest BCUT2D eigenvalue weighted by atomic mass is 10.1. The minimum atomic E-state index is -0.224. The van der Waals surface area contributed by atoms with Crippen molar-refractivity contribution < 1.29 is 4.79 Å². The molecule has 0 unspecified atom stereocenters. The molecule has 0 aliphatic carbocycles. The maximum atomic E-state index is 12.2. The largest absolute Gasteiger partial charge is 0.399 e. The topological polar surface area (TPSA) is 55.1 Å². The molecule has 98 valence electrons. The highest BCUT2D eigenvalue weighted by Crippen LogP contribution is 2.24. The first-order valence-corrected chi connectivity index (χ1v) is 6.77. The Morgan fingerprint density at radius 1 is 1.32 bits per heavy atom. The Kier molecular flexibility index (Phi) is 4.12. The van der Waals surface area contributed by atoms with E-state index in [1.165, 1.54) is 0 Å². The van der Waals surface area contributed by atoms with Crippen LogP contribution >= 0.6 is 27.5 Å². The first-order valence-electron chi connectivity index (χ1n) is 5.60. The van der Waals surface area contributed by atoms with Gasteiger partial charge in [-0.25, -0.2) is 0 Å². The van der Waals surface area contributed by atoms with Crippen LogP contribution < -0.4 is 11.1 Å². The van der Waals surface area contributed by atoms with Gasteiger partial charge in [-0.3, -0.25) is 4.79 Å². The predicted octanol–water partition coefficient (Wildman–Crippen LogP) is 4.25. The molecular weight excluding hydrogens is 328 g/mol. The number of hydrogen-bond donors (Lipinski definition) is 2. The number of nitrogens with one attached hydrogen (secondary N) is 1.